The fraction of sp³-hybridized carbons (Fsp3) is 0.857. The monoisotopic (exact) mass is 159 g/mol. The van der Waals surface area contributed by atoms with Crippen molar-refractivity contribution in [3.05, 3.63) is 5.21 Å². The Morgan fingerprint density at radius 2 is 2.45 bits per heavy atom. The number of hydrogen-bond acceptors (Lipinski definition) is 3. The Labute approximate surface area is 65.4 Å². The van der Waals surface area contributed by atoms with E-state index in [2.05, 4.69) is 0 Å². The van der Waals surface area contributed by atoms with E-state index in [4.69, 9.17) is 5.11 Å². The molecular weight excluding hydrogens is 146 g/mol. The van der Waals surface area contributed by atoms with Crippen LogP contribution >= 0.6 is 0 Å². The molecule has 0 aromatic heterocycles. The first-order valence-electron chi connectivity index (χ1n) is 3.81. The molecule has 1 heterocycles. The van der Waals surface area contributed by atoms with Crippen molar-refractivity contribution in [1.82, 2.24) is 0 Å². The van der Waals surface area contributed by atoms with Gasteiger partial charge in [0.1, 0.15) is 0 Å². The van der Waals surface area contributed by atoms with Gasteiger partial charge in [-0.25, -0.2) is 0 Å². The standard InChI is InChI=1S/C7H13NO3/c1-5(10)7-6(2-3-9)4-8(7)11/h6-9H,2-4H2,1H3. The minimum Gasteiger partial charge on any atom is -0.634 e. The summed E-state index contributed by atoms with van der Waals surface area (Å²) in [7, 11) is 0. The van der Waals surface area contributed by atoms with E-state index < -0.39 is 6.04 Å². The first-order chi connectivity index (χ1) is 5.16. The second-order valence-electron chi connectivity index (χ2n) is 3.03. The summed E-state index contributed by atoms with van der Waals surface area (Å²) in [6, 6.07) is -0.401. The van der Waals surface area contributed by atoms with E-state index in [0.29, 0.717) is 13.0 Å². The number of quaternary nitrogens is 1. The lowest BCUT2D eigenvalue weighted by Crippen LogP contribution is -3.21. The molecule has 0 bridgehead atoms. The zero-order chi connectivity index (χ0) is 8.43. The zero-order valence-corrected chi connectivity index (χ0v) is 6.54. The summed E-state index contributed by atoms with van der Waals surface area (Å²) in [4.78, 5) is 10.8. The summed E-state index contributed by atoms with van der Waals surface area (Å²) in [5.41, 5.74) is 0. The maximum Gasteiger partial charge on any atom is 0.187 e. The van der Waals surface area contributed by atoms with Crippen molar-refractivity contribution in [2.24, 2.45) is 5.92 Å². The third-order valence-electron chi connectivity index (χ3n) is 2.22. The Morgan fingerprint density at radius 1 is 1.82 bits per heavy atom. The van der Waals surface area contributed by atoms with Gasteiger partial charge in [0.05, 0.1) is 12.5 Å². The van der Waals surface area contributed by atoms with E-state index in [1.807, 2.05) is 0 Å². The minimum atomic E-state index is -0.401. The van der Waals surface area contributed by atoms with Gasteiger partial charge in [0.15, 0.2) is 11.8 Å². The molecule has 64 valence electrons. The first-order valence-corrected chi connectivity index (χ1v) is 3.81. The highest BCUT2D eigenvalue weighted by Crippen LogP contribution is 2.12. The number of aliphatic hydroxyl groups excluding tert-OH is 1. The van der Waals surface area contributed by atoms with Crippen molar-refractivity contribution in [2.45, 2.75) is 19.4 Å². The van der Waals surface area contributed by atoms with Gasteiger partial charge in [0, 0.05) is 13.5 Å². The molecule has 0 saturated carbocycles. The lowest BCUT2D eigenvalue weighted by atomic mass is 9.86. The first kappa shape index (κ1) is 8.64. The average molecular weight is 159 g/mol. The van der Waals surface area contributed by atoms with Crippen LogP contribution in [0.25, 0.3) is 0 Å². The van der Waals surface area contributed by atoms with Crippen LogP contribution in [0.15, 0.2) is 0 Å². The zero-order valence-electron chi connectivity index (χ0n) is 6.54. The van der Waals surface area contributed by atoms with E-state index in [9.17, 15) is 10.0 Å². The Kier molecular flexibility index (Phi) is 2.59. The fourth-order valence-electron chi connectivity index (χ4n) is 1.60. The lowest BCUT2D eigenvalue weighted by Gasteiger charge is -2.45. The Morgan fingerprint density at radius 3 is 2.82 bits per heavy atom. The van der Waals surface area contributed by atoms with Gasteiger partial charge < -0.3 is 15.4 Å². The Hall–Kier alpha value is -0.450. The van der Waals surface area contributed by atoms with Gasteiger partial charge in [-0.3, -0.25) is 4.79 Å². The van der Waals surface area contributed by atoms with Gasteiger partial charge in [0.25, 0.3) is 0 Å². The molecule has 1 saturated heterocycles. The van der Waals surface area contributed by atoms with E-state index >= 15 is 0 Å². The van der Waals surface area contributed by atoms with Crippen molar-refractivity contribution >= 4 is 5.78 Å². The van der Waals surface area contributed by atoms with Crippen molar-refractivity contribution in [2.75, 3.05) is 13.2 Å². The van der Waals surface area contributed by atoms with Crippen molar-refractivity contribution < 1.29 is 15.0 Å². The molecule has 1 aliphatic heterocycles. The van der Waals surface area contributed by atoms with Crippen LogP contribution in [0, 0.1) is 11.1 Å². The predicted molar refractivity (Wildman–Crippen MR) is 38.9 cm³/mol. The second-order valence-corrected chi connectivity index (χ2v) is 3.03. The molecule has 0 aromatic rings. The number of carbonyl (C=O) groups is 1. The summed E-state index contributed by atoms with van der Waals surface area (Å²) in [6.45, 7) is 1.98. The molecule has 0 radical (unpaired) electrons. The van der Waals surface area contributed by atoms with Crippen LogP contribution in [-0.4, -0.2) is 30.1 Å². The smallest absolute Gasteiger partial charge is 0.187 e. The van der Waals surface area contributed by atoms with Gasteiger partial charge in [0.2, 0.25) is 0 Å². The van der Waals surface area contributed by atoms with E-state index in [1.165, 1.54) is 6.92 Å². The molecule has 0 spiro atoms. The quantitative estimate of drug-likeness (QED) is 0.484. The maximum atomic E-state index is 10.9. The molecule has 3 unspecified atom stereocenters. The Balaban J connectivity index is 2.41. The third kappa shape index (κ3) is 1.58. The van der Waals surface area contributed by atoms with Crippen molar-refractivity contribution in [3.63, 3.8) is 0 Å². The van der Waals surface area contributed by atoms with Crippen LogP contribution in [0.1, 0.15) is 13.3 Å². The minimum absolute atomic E-state index is 0.0379. The molecule has 11 heavy (non-hydrogen) atoms. The average Bonchev–Trinajstić information content (AvgIpc) is 1.85. The van der Waals surface area contributed by atoms with Crippen LogP contribution in [0.2, 0.25) is 0 Å². The summed E-state index contributed by atoms with van der Waals surface area (Å²) in [5, 5.41) is 19.5. The highest BCUT2D eigenvalue weighted by molar-refractivity contribution is 5.81. The van der Waals surface area contributed by atoms with Crippen LogP contribution < -0.4 is 5.06 Å². The molecule has 1 fully saturated rings. The number of Topliss-reactive ketones (excluding diaryl/α,β-unsaturated/α-hetero) is 1. The van der Waals surface area contributed by atoms with E-state index in [1.54, 1.807) is 0 Å². The van der Waals surface area contributed by atoms with Crippen molar-refractivity contribution in [3.8, 4) is 0 Å². The van der Waals surface area contributed by atoms with Gasteiger partial charge in [-0.1, -0.05) is 0 Å². The predicted octanol–water partition coefficient (Wildman–Crippen LogP) is -1.66. The summed E-state index contributed by atoms with van der Waals surface area (Å²) < 4.78 is 0. The van der Waals surface area contributed by atoms with Gasteiger partial charge in [-0.2, -0.15) is 0 Å². The second kappa shape index (κ2) is 3.30. The SMILES string of the molecule is CC(=O)C1C(CCO)C[NH+]1[O-]. The topological polar surface area (TPSA) is 64.8 Å². The number of hydrogen-bond donors (Lipinski definition) is 2. The van der Waals surface area contributed by atoms with Crippen LogP contribution in [0.5, 0.6) is 0 Å². The highest BCUT2D eigenvalue weighted by atomic mass is 16.5. The molecule has 2 N–H and O–H groups in total. The molecule has 0 amide bonds. The van der Waals surface area contributed by atoms with E-state index in [0.717, 1.165) is 0 Å². The Bertz CT molecular complexity index is 158. The van der Waals surface area contributed by atoms with Gasteiger partial charge >= 0.3 is 0 Å². The lowest BCUT2D eigenvalue weighted by molar-refractivity contribution is -0.921. The number of nitrogens with one attached hydrogen (secondary N) is 1. The molecule has 1 rings (SSSR count). The number of carbonyl (C=O) groups excluding carboxylic acids is 1. The maximum absolute atomic E-state index is 10.9. The van der Waals surface area contributed by atoms with Crippen LogP contribution in [-0.2, 0) is 4.79 Å². The largest absolute Gasteiger partial charge is 0.634 e. The normalized spacial score (nSPS) is 36.5. The summed E-state index contributed by atoms with van der Waals surface area (Å²) in [6.07, 6.45) is 0.579. The van der Waals surface area contributed by atoms with Crippen molar-refractivity contribution in [1.29, 1.82) is 0 Å². The molecule has 0 aromatic carbocycles. The van der Waals surface area contributed by atoms with Crippen LogP contribution in [0.4, 0.5) is 0 Å². The number of ketones is 1. The van der Waals surface area contributed by atoms with Crippen LogP contribution in [0.3, 0.4) is 0 Å². The summed E-state index contributed by atoms with van der Waals surface area (Å²) >= 11 is 0. The third-order valence-corrected chi connectivity index (χ3v) is 2.22. The van der Waals surface area contributed by atoms with Gasteiger partial charge in [-0.15, -0.1) is 0 Å². The molecule has 4 heteroatoms. The number of rotatable bonds is 3. The molecule has 3 atom stereocenters. The number of aliphatic hydroxyl groups is 1. The van der Waals surface area contributed by atoms with E-state index in [-0.39, 0.29) is 23.4 Å². The summed E-state index contributed by atoms with van der Waals surface area (Å²) in [5.74, 6) is 0.0599. The highest BCUT2D eigenvalue weighted by Gasteiger charge is 2.41. The molecule has 4 nitrogen and oxygen atoms in total. The fourth-order valence-corrected chi connectivity index (χ4v) is 1.60. The molecular formula is C7H13NO3. The number of hydroxylamine groups is 2. The molecule has 1 aliphatic rings. The molecule has 0 aliphatic carbocycles. The van der Waals surface area contributed by atoms with Gasteiger partial charge in [-0.05, 0) is 6.42 Å².